The molecule has 5 atom stereocenters. The third-order valence-corrected chi connectivity index (χ3v) is 12.4. The quantitative estimate of drug-likeness (QED) is 0.531. The van der Waals surface area contributed by atoms with Gasteiger partial charge in [-0.2, -0.15) is 0 Å². The van der Waals surface area contributed by atoms with Crippen molar-refractivity contribution in [3.05, 3.63) is 0 Å². The van der Waals surface area contributed by atoms with Crippen LogP contribution in [0.15, 0.2) is 0 Å². The van der Waals surface area contributed by atoms with E-state index in [1.807, 2.05) is 0 Å². The Labute approximate surface area is 95.6 Å². The van der Waals surface area contributed by atoms with Crippen LogP contribution >= 0.6 is 7.26 Å². The van der Waals surface area contributed by atoms with Crippen molar-refractivity contribution >= 4 is 7.26 Å². The molecule has 86 valence electrons. The third-order valence-electron chi connectivity index (χ3n) is 6.05. The van der Waals surface area contributed by atoms with Crippen LogP contribution in [-0.2, 0) is 0 Å². The van der Waals surface area contributed by atoms with Crippen LogP contribution in [0.2, 0.25) is 0 Å². The minimum Gasteiger partial charge on any atom is -0.0527 e. The van der Waals surface area contributed by atoms with Crippen LogP contribution in [0.25, 0.3) is 0 Å². The minimum absolute atomic E-state index is 0.547. The van der Waals surface area contributed by atoms with Gasteiger partial charge in [-0.3, -0.25) is 0 Å². The van der Waals surface area contributed by atoms with Gasteiger partial charge in [-0.05, 0) is 57.8 Å². The highest BCUT2D eigenvalue weighted by atomic mass is 31.2. The second-order valence-corrected chi connectivity index (χ2v) is 11.2. The monoisotopic (exact) mass is 225 g/mol. The van der Waals surface area contributed by atoms with Crippen molar-refractivity contribution in [2.45, 2.75) is 75.3 Å². The van der Waals surface area contributed by atoms with Crippen molar-refractivity contribution in [2.24, 2.45) is 5.92 Å². The first-order valence-corrected chi connectivity index (χ1v) is 9.53. The number of rotatable bonds is 0. The third kappa shape index (κ3) is 1.43. The second kappa shape index (κ2) is 3.73. The predicted molar refractivity (Wildman–Crippen MR) is 70.3 cm³/mol. The predicted octanol–water partition coefficient (Wildman–Crippen LogP) is 4.54. The lowest BCUT2D eigenvalue weighted by Gasteiger charge is -2.41. The van der Waals surface area contributed by atoms with Gasteiger partial charge in [0.05, 0.1) is 17.0 Å². The SMILES string of the molecule is CC1CCCC2CC3CCCCC3[P+]12C. The summed E-state index contributed by atoms with van der Waals surface area (Å²) >= 11 is 0. The Kier molecular flexibility index (Phi) is 2.63. The molecule has 3 aliphatic rings. The summed E-state index contributed by atoms with van der Waals surface area (Å²) < 4.78 is 0. The van der Waals surface area contributed by atoms with E-state index in [9.17, 15) is 0 Å². The fourth-order valence-corrected chi connectivity index (χ4v) is 11.1. The molecule has 1 aliphatic carbocycles. The molecule has 0 aromatic rings. The van der Waals surface area contributed by atoms with Crippen molar-refractivity contribution in [1.82, 2.24) is 0 Å². The topological polar surface area (TPSA) is 0 Å². The van der Waals surface area contributed by atoms with E-state index in [4.69, 9.17) is 0 Å². The molecule has 0 nitrogen and oxygen atoms in total. The van der Waals surface area contributed by atoms with Gasteiger partial charge in [-0.1, -0.05) is 6.42 Å². The average Bonchev–Trinajstić information content (AvgIpc) is 2.55. The van der Waals surface area contributed by atoms with Crippen molar-refractivity contribution < 1.29 is 0 Å². The van der Waals surface area contributed by atoms with Gasteiger partial charge in [0.25, 0.3) is 0 Å². The van der Waals surface area contributed by atoms with Crippen molar-refractivity contribution in [1.29, 1.82) is 0 Å². The van der Waals surface area contributed by atoms with Gasteiger partial charge < -0.3 is 0 Å². The lowest BCUT2D eigenvalue weighted by Crippen LogP contribution is -2.29. The van der Waals surface area contributed by atoms with Crippen molar-refractivity contribution in [3.63, 3.8) is 0 Å². The zero-order valence-corrected chi connectivity index (χ0v) is 11.3. The number of fused-ring (bicyclic) bond motifs is 3. The van der Waals surface area contributed by atoms with Gasteiger partial charge in [0.1, 0.15) is 0 Å². The molecule has 3 fully saturated rings. The van der Waals surface area contributed by atoms with Crippen molar-refractivity contribution in [2.75, 3.05) is 6.66 Å². The zero-order valence-electron chi connectivity index (χ0n) is 10.4. The molecular formula is C14H26P+. The Balaban J connectivity index is 1.90. The summed E-state index contributed by atoms with van der Waals surface area (Å²) in [6.07, 6.45) is 12.6. The van der Waals surface area contributed by atoms with Gasteiger partial charge in [0, 0.05) is 13.9 Å². The molecule has 0 aromatic heterocycles. The molecular weight excluding hydrogens is 199 g/mol. The van der Waals surface area contributed by atoms with E-state index >= 15 is 0 Å². The highest BCUT2D eigenvalue weighted by Crippen LogP contribution is 2.79. The molecule has 3 rings (SSSR count). The van der Waals surface area contributed by atoms with Crippen LogP contribution in [0.3, 0.4) is 0 Å². The Morgan fingerprint density at radius 1 is 0.933 bits per heavy atom. The average molecular weight is 225 g/mol. The number of hydrogen-bond acceptors (Lipinski definition) is 0. The molecule has 2 aliphatic heterocycles. The summed E-state index contributed by atoms with van der Waals surface area (Å²) in [6.45, 7) is 5.36. The highest BCUT2D eigenvalue weighted by molar-refractivity contribution is 7.77. The van der Waals surface area contributed by atoms with E-state index in [2.05, 4.69) is 13.6 Å². The Hall–Kier alpha value is 0.430. The summed E-state index contributed by atoms with van der Waals surface area (Å²) in [4.78, 5) is 0. The van der Waals surface area contributed by atoms with E-state index in [1.165, 1.54) is 17.2 Å². The van der Waals surface area contributed by atoms with E-state index in [1.54, 1.807) is 51.4 Å². The zero-order chi connectivity index (χ0) is 10.5. The lowest BCUT2D eigenvalue weighted by atomic mass is 9.85. The molecule has 0 bridgehead atoms. The van der Waals surface area contributed by atoms with Gasteiger partial charge in [0.15, 0.2) is 0 Å². The Bertz CT molecular complexity index is 250. The fourth-order valence-electron chi connectivity index (χ4n) is 5.05. The van der Waals surface area contributed by atoms with Crippen LogP contribution in [0.1, 0.15) is 58.3 Å². The molecule has 0 aromatic carbocycles. The molecule has 2 heterocycles. The highest BCUT2D eigenvalue weighted by Gasteiger charge is 2.61. The lowest BCUT2D eigenvalue weighted by molar-refractivity contribution is 0.364. The molecule has 1 saturated carbocycles. The minimum atomic E-state index is -0.547. The Morgan fingerprint density at radius 3 is 2.60 bits per heavy atom. The standard InChI is InChI=1S/C14H26P/c1-11-6-5-8-13-10-12-7-3-4-9-14(12)15(11,13)2/h11-14H,3-10H2,1-2H3/q+1. The fraction of sp³-hybridized carbons (Fsp3) is 1.00. The second-order valence-electron chi connectivity index (χ2n) is 6.50. The summed E-state index contributed by atoms with van der Waals surface area (Å²) in [6, 6.07) is 0. The largest absolute Gasteiger partial charge is 0.0729 e. The molecule has 5 unspecified atom stereocenters. The summed E-state index contributed by atoms with van der Waals surface area (Å²) in [5.41, 5.74) is 3.53. The Morgan fingerprint density at radius 2 is 1.73 bits per heavy atom. The van der Waals surface area contributed by atoms with Crippen LogP contribution in [0.4, 0.5) is 0 Å². The van der Waals surface area contributed by atoms with E-state index in [0.717, 1.165) is 5.66 Å². The first-order chi connectivity index (χ1) is 7.23. The molecule has 2 saturated heterocycles. The van der Waals surface area contributed by atoms with E-state index in [0.29, 0.717) is 0 Å². The van der Waals surface area contributed by atoms with Crippen LogP contribution in [0, 0.1) is 5.92 Å². The maximum atomic E-state index is 2.76. The maximum absolute atomic E-state index is 2.76. The summed E-state index contributed by atoms with van der Waals surface area (Å²) in [5.74, 6) is 1.17. The molecule has 15 heavy (non-hydrogen) atoms. The normalized spacial score (nSPS) is 54.8. The molecule has 0 radical (unpaired) electrons. The van der Waals surface area contributed by atoms with Gasteiger partial charge in [-0.15, -0.1) is 0 Å². The first kappa shape index (κ1) is 10.6. The van der Waals surface area contributed by atoms with Gasteiger partial charge in [0.2, 0.25) is 0 Å². The molecule has 0 N–H and O–H groups in total. The van der Waals surface area contributed by atoms with Crippen LogP contribution in [-0.4, -0.2) is 23.6 Å². The summed E-state index contributed by atoms with van der Waals surface area (Å²) in [5, 5.41) is 0. The van der Waals surface area contributed by atoms with E-state index < -0.39 is 7.26 Å². The van der Waals surface area contributed by atoms with Crippen LogP contribution < -0.4 is 0 Å². The maximum Gasteiger partial charge on any atom is 0.0729 e. The van der Waals surface area contributed by atoms with Gasteiger partial charge >= 0.3 is 0 Å². The molecule has 1 heteroatoms. The summed E-state index contributed by atoms with van der Waals surface area (Å²) in [7, 11) is -0.547. The number of hydrogen-bond donors (Lipinski definition) is 0. The van der Waals surface area contributed by atoms with Crippen molar-refractivity contribution in [3.8, 4) is 0 Å². The van der Waals surface area contributed by atoms with Gasteiger partial charge in [-0.25, -0.2) is 0 Å². The smallest absolute Gasteiger partial charge is 0.0527 e. The molecule has 0 spiro atoms. The van der Waals surface area contributed by atoms with Crippen LogP contribution in [0.5, 0.6) is 0 Å². The first-order valence-electron chi connectivity index (χ1n) is 7.08. The van der Waals surface area contributed by atoms with E-state index in [-0.39, 0.29) is 0 Å². The molecule has 0 amide bonds.